The Morgan fingerprint density at radius 2 is 2.00 bits per heavy atom. The number of carboxylic acids is 1. The van der Waals surface area contributed by atoms with Gasteiger partial charge in [-0.15, -0.1) is 0 Å². The number of aliphatic carboxylic acids is 1. The standard InChI is InChI=1S/C12H12N4O3/c13-9-3-1-8(2-4-9)12(19)15-10-5-14-16(6-10)7-11(17)18/h1-6H,7,13H2,(H,15,19)(H,17,18). The molecule has 7 nitrogen and oxygen atoms in total. The molecular formula is C12H12N4O3. The number of amides is 1. The average molecular weight is 260 g/mol. The first-order valence-corrected chi connectivity index (χ1v) is 5.46. The van der Waals surface area contributed by atoms with Crippen molar-refractivity contribution >= 4 is 23.3 Å². The van der Waals surface area contributed by atoms with E-state index in [0.717, 1.165) is 0 Å². The maximum atomic E-state index is 11.9. The molecule has 0 fully saturated rings. The number of nitrogens with two attached hydrogens (primary N) is 1. The molecule has 0 saturated heterocycles. The van der Waals surface area contributed by atoms with Crippen molar-refractivity contribution in [1.82, 2.24) is 9.78 Å². The Kier molecular flexibility index (Phi) is 3.46. The van der Waals surface area contributed by atoms with Gasteiger partial charge in [-0.1, -0.05) is 0 Å². The van der Waals surface area contributed by atoms with Gasteiger partial charge >= 0.3 is 5.97 Å². The zero-order chi connectivity index (χ0) is 13.8. The summed E-state index contributed by atoms with van der Waals surface area (Å²) in [5.74, 6) is -1.31. The SMILES string of the molecule is Nc1ccc(C(=O)Nc2cnn(CC(=O)O)c2)cc1. The predicted molar refractivity (Wildman–Crippen MR) is 68.7 cm³/mol. The van der Waals surface area contributed by atoms with Crippen molar-refractivity contribution in [3.05, 3.63) is 42.2 Å². The highest BCUT2D eigenvalue weighted by atomic mass is 16.4. The quantitative estimate of drug-likeness (QED) is 0.704. The van der Waals surface area contributed by atoms with E-state index in [2.05, 4.69) is 10.4 Å². The van der Waals surface area contributed by atoms with Crippen LogP contribution in [0.25, 0.3) is 0 Å². The summed E-state index contributed by atoms with van der Waals surface area (Å²) in [6.45, 7) is -0.252. The maximum absolute atomic E-state index is 11.9. The Morgan fingerprint density at radius 1 is 1.32 bits per heavy atom. The summed E-state index contributed by atoms with van der Waals surface area (Å²) in [6, 6.07) is 6.46. The van der Waals surface area contributed by atoms with Crippen LogP contribution in [0.1, 0.15) is 10.4 Å². The molecule has 2 aromatic rings. The van der Waals surface area contributed by atoms with Gasteiger partial charge in [0.05, 0.1) is 11.9 Å². The van der Waals surface area contributed by atoms with Crippen LogP contribution < -0.4 is 11.1 Å². The number of nitrogens with one attached hydrogen (secondary N) is 1. The first-order valence-electron chi connectivity index (χ1n) is 5.46. The van der Waals surface area contributed by atoms with Crippen LogP contribution in [0.4, 0.5) is 11.4 Å². The van der Waals surface area contributed by atoms with Crippen LogP contribution >= 0.6 is 0 Å². The van der Waals surface area contributed by atoms with Crippen molar-refractivity contribution < 1.29 is 14.7 Å². The molecule has 7 heteroatoms. The fourth-order valence-electron chi connectivity index (χ4n) is 1.49. The molecule has 1 aromatic heterocycles. The van der Waals surface area contributed by atoms with E-state index in [1.54, 1.807) is 24.3 Å². The summed E-state index contributed by atoms with van der Waals surface area (Å²) in [5, 5.41) is 15.0. The molecule has 0 aliphatic heterocycles. The molecule has 0 unspecified atom stereocenters. The highest BCUT2D eigenvalue weighted by Gasteiger charge is 2.08. The van der Waals surface area contributed by atoms with Crippen molar-refractivity contribution in [2.45, 2.75) is 6.54 Å². The number of anilines is 2. The zero-order valence-corrected chi connectivity index (χ0v) is 9.91. The van der Waals surface area contributed by atoms with Gasteiger partial charge in [0.15, 0.2) is 0 Å². The number of carbonyl (C=O) groups excluding carboxylic acids is 1. The molecule has 1 aromatic carbocycles. The van der Waals surface area contributed by atoms with Gasteiger partial charge in [0.25, 0.3) is 5.91 Å². The second-order valence-electron chi connectivity index (χ2n) is 3.90. The number of carboxylic acid groups (broad SMARTS) is 1. The molecule has 0 aliphatic rings. The number of hydrogen-bond acceptors (Lipinski definition) is 4. The third kappa shape index (κ3) is 3.32. The molecule has 1 amide bonds. The highest BCUT2D eigenvalue weighted by Crippen LogP contribution is 2.10. The zero-order valence-electron chi connectivity index (χ0n) is 9.91. The second-order valence-corrected chi connectivity index (χ2v) is 3.90. The minimum absolute atomic E-state index is 0.252. The topological polar surface area (TPSA) is 110 Å². The monoisotopic (exact) mass is 260 g/mol. The van der Waals surface area contributed by atoms with E-state index >= 15 is 0 Å². The fraction of sp³-hybridized carbons (Fsp3) is 0.0833. The lowest BCUT2D eigenvalue weighted by atomic mass is 10.2. The summed E-state index contributed by atoms with van der Waals surface area (Å²) in [6.07, 6.45) is 2.83. The smallest absolute Gasteiger partial charge is 0.325 e. The Labute approximate surface area is 108 Å². The lowest BCUT2D eigenvalue weighted by molar-refractivity contribution is -0.137. The lowest BCUT2D eigenvalue weighted by Gasteiger charge is -2.02. The number of hydrogen-bond donors (Lipinski definition) is 3. The molecule has 1 heterocycles. The Balaban J connectivity index is 2.04. The first-order chi connectivity index (χ1) is 9.04. The van der Waals surface area contributed by atoms with Crippen molar-refractivity contribution in [2.24, 2.45) is 0 Å². The number of nitrogen functional groups attached to an aromatic ring is 1. The Morgan fingerprint density at radius 3 is 2.63 bits per heavy atom. The van der Waals surface area contributed by atoms with E-state index in [9.17, 15) is 9.59 Å². The molecule has 2 rings (SSSR count). The van der Waals surface area contributed by atoms with Crippen molar-refractivity contribution in [3.8, 4) is 0 Å². The molecular weight excluding hydrogens is 248 g/mol. The summed E-state index contributed by atoms with van der Waals surface area (Å²) in [7, 11) is 0. The summed E-state index contributed by atoms with van der Waals surface area (Å²) in [4.78, 5) is 22.3. The molecule has 0 saturated carbocycles. The molecule has 19 heavy (non-hydrogen) atoms. The van der Waals surface area contributed by atoms with Crippen LogP contribution in [0.2, 0.25) is 0 Å². The molecule has 0 atom stereocenters. The Bertz CT molecular complexity index is 604. The van der Waals surface area contributed by atoms with E-state index in [4.69, 9.17) is 10.8 Å². The van der Waals surface area contributed by atoms with Crippen LogP contribution in [-0.4, -0.2) is 26.8 Å². The normalized spacial score (nSPS) is 10.1. The van der Waals surface area contributed by atoms with Crippen LogP contribution in [0, 0.1) is 0 Å². The van der Waals surface area contributed by atoms with Crippen molar-refractivity contribution in [1.29, 1.82) is 0 Å². The van der Waals surface area contributed by atoms with Gasteiger partial charge in [0.1, 0.15) is 6.54 Å². The second kappa shape index (κ2) is 5.21. The van der Waals surface area contributed by atoms with Gasteiger partial charge in [-0.2, -0.15) is 5.10 Å². The van der Waals surface area contributed by atoms with Crippen molar-refractivity contribution in [2.75, 3.05) is 11.1 Å². The van der Waals surface area contributed by atoms with Crippen molar-refractivity contribution in [3.63, 3.8) is 0 Å². The lowest BCUT2D eigenvalue weighted by Crippen LogP contribution is -2.12. The van der Waals surface area contributed by atoms with Gasteiger partial charge < -0.3 is 16.2 Å². The first kappa shape index (κ1) is 12.6. The molecule has 98 valence electrons. The van der Waals surface area contributed by atoms with Gasteiger partial charge in [-0.25, -0.2) is 0 Å². The number of benzene rings is 1. The van der Waals surface area contributed by atoms with Crippen LogP contribution in [0.3, 0.4) is 0 Å². The molecule has 0 radical (unpaired) electrons. The van der Waals surface area contributed by atoms with E-state index < -0.39 is 5.97 Å². The summed E-state index contributed by atoms with van der Waals surface area (Å²) >= 11 is 0. The summed E-state index contributed by atoms with van der Waals surface area (Å²) in [5.41, 5.74) is 7.00. The van der Waals surface area contributed by atoms with Crippen LogP contribution in [0.15, 0.2) is 36.7 Å². The number of carbonyl (C=O) groups is 2. The van der Waals surface area contributed by atoms with E-state index in [1.807, 2.05) is 0 Å². The third-order valence-corrected chi connectivity index (χ3v) is 2.36. The largest absolute Gasteiger partial charge is 0.480 e. The minimum Gasteiger partial charge on any atom is -0.480 e. The van der Waals surface area contributed by atoms with Crippen LogP contribution in [-0.2, 0) is 11.3 Å². The van der Waals surface area contributed by atoms with Gasteiger partial charge in [-0.3, -0.25) is 14.3 Å². The van der Waals surface area contributed by atoms with E-state index in [0.29, 0.717) is 16.9 Å². The molecule has 0 bridgehead atoms. The predicted octanol–water partition coefficient (Wildman–Crippen LogP) is 0.802. The van der Waals surface area contributed by atoms with Gasteiger partial charge in [-0.05, 0) is 24.3 Å². The molecule has 0 spiro atoms. The number of rotatable bonds is 4. The molecule has 4 N–H and O–H groups in total. The molecule has 0 aliphatic carbocycles. The minimum atomic E-state index is -1.00. The number of aromatic nitrogens is 2. The van der Waals surface area contributed by atoms with Gasteiger partial charge in [0.2, 0.25) is 0 Å². The highest BCUT2D eigenvalue weighted by molar-refractivity contribution is 6.04. The Hall–Kier alpha value is -2.83. The number of nitrogens with zero attached hydrogens (tertiary/aromatic N) is 2. The van der Waals surface area contributed by atoms with Crippen LogP contribution in [0.5, 0.6) is 0 Å². The van der Waals surface area contributed by atoms with Gasteiger partial charge in [0, 0.05) is 17.4 Å². The summed E-state index contributed by atoms with van der Waals surface area (Å²) < 4.78 is 1.22. The fourth-order valence-corrected chi connectivity index (χ4v) is 1.49. The van der Waals surface area contributed by atoms with E-state index in [1.165, 1.54) is 17.1 Å². The van der Waals surface area contributed by atoms with E-state index in [-0.39, 0.29) is 12.5 Å². The third-order valence-electron chi connectivity index (χ3n) is 2.36. The average Bonchev–Trinajstić information content (AvgIpc) is 2.76. The maximum Gasteiger partial charge on any atom is 0.325 e.